The van der Waals surface area contributed by atoms with Crippen LogP contribution < -0.4 is 0 Å². The maximum absolute atomic E-state index is 10.9. The van der Waals surface area contributed by atoms with Gasteiger partial charge in [0.25, 0.3) is 5.69 Å². The summed E-state index contributed by atoms with van der Waals surface area (Å²) >= 11 is 1.71. The molecule has 0 unspecified atom stereocenters. The number of aliphatic imine (C=N–C) groups is 1. The first-order valence-corrected chi connectivity index (χ1v) is 7.89. The molecule has 2 aromatic carbocycles. The van der Waals surface area contributed by atoms with Gasteiger partial charge in [0, 0.05) is 35.7 Å². The van der Waals surface area contributed by atoms with Crippen molar-refractivity contribution in [2.24, 2.45) is 4.99 Å². The molecule has 2 heterocycles. The molecular formula is C16H13N3O2S. The number of amidine groups is 1. The summed E-state index contributed by atoms with van der Waals surface area (Å²) < 4.78 is 2.23. The van der Waals surface area contributed by atoms with Crippen molar-refractivity contribution in [3.05, 3.63) is 58.1 Å². The number of nitro groups is 1. The molecule has 0 bridgehead atoms. The van der Waals surface area contributed by atoms with Crippen molar-refractivity contribution in [1.82, 2.24) is 4.31 Å². The first-order valence-electron chi connectivity index (χ1n) is 7.11. The number of fused-ring (bicyclic) bond motifs is 3. The Hall–Kier alpha value is -2.34. The molecule has 0 saturated carbocycles. The molecule has 0 radical (unpaired) electrons. The molecule has 22 heavy (non-hydrogen) atoms. The Balaban J connectivity index is 1.75. The topological polar surface area (TPSA) is 58.7 Å². The molecule has 6 heteroatoms. The maximum Gasteiger partial charge on any atom is 0.270 e. The molecular weight excluding hydrogens is 298 g/mol. The molecule has 2 aliphatic heterocycles. The van der Waals surface area contributed by atoms with E-state index in [4.69, 9.17) is 0 Å². The van der Waals surface area contributed by atoms with E-state index in [2.05, 4.69) is 21.4 Å². The van der Waals surface area contributed by atoms with Crippen molar-refractivity contribution in [3.8, 4) is 11.1 Å². The van der Waals surface area contributed by atoms with Crippen LogP contribution >= 0.6 is 11.9 Å². The molecule has 0 saturated heterocycles. The highest BCUT2D eigenvalue weighted by Crippen LogP contribution is 2.40. The van der Waals surface area contributed by atoms with Gasteiger partial charge < -0.3 is 0 Å². The third-order valence-electron chi connectivity index (χ3n) is 3.84. The van der Waals surface area contributed by atoms with Crippen LogP contribution in [0.4, 0.5) is 5.69 Å². The van der Waals surface area contributed by atoms with E-state index in [1.54, 1.807) is 24.1 Å². The average Bonchev–Trinajstić information content (AvgIpc) is 2.92. The van der Waals surface area contributed by atoms with Crippen LogP contribution in [-0.2, 0) is 0 Å². The van der Waals surface area contributed by atoms with Crippen LogP contribution in [0.25, 0.3) is 11.1 Å². The summed E-state index contributed by atoms with van der Waals surface area (Å²) in [5, 5.41) is 10.9. The highest BCUT2D eigenvalue weighted by atomic mass is 32.2. The van der Waals surface area contributed by atoms with E-state index in [1.165, 1.54) is 16.5 Å². The summed E-state index contributed by atoms with van der Waals surface area (Å²) in [5.41, 5.74) is 3.14. The van der Waals surface area contributed by atoms with E-state index >= 15 is 0 Å². The molecule has 0 fully saturated rings. The smallest absolute Gasteiger partial charge is 0.270 e. The standard InChI is InChI=1S/C16H13N3O2S/c20-19(21)13-4-1-3-11(9-13)12-5-6-14-15(10-12)22-18-8-2-7-17-16(14)18/h1,3-6,9-10H,2,7-8H2. The zero-order chi connectivity index (χ0) is 15.1. The van der Waals surface area contributed by atoms with E-state index in [0.29, 0.717) is 0 Å². The number of rotatable bonds is 2. The SMILES string of the molecule is O=[N+]([O-])c1cccc(-c2ccc3c(c2)SN2CCCN=C32)c1. The first-order chi connectivity index (χ1) is 10.7. The summed E-state index contributed by atoms with van der Waals surface area (Å²) in [7, 11) is 0. The Kier molecular flexibility index (Phi) is 3.11. The number of hydrogen-bond acceptors (Lipinski definition) is 5. The molecule has 0 N–H and O–H groups in total. The second-order valence-electron chi connectivity index (χ2n) is 5.27. The number of nitro benzene ring substituents is 1. The van der Waals surface area contributed by atoms with Crippen LogP contribution in [-0.4, -0.2) is 28.2 Å². The van der Waals surface area contributed by atoms with Gasteiger partial charge in [0.05, 0.1) is 4.92 Å². The Morgan fingerprint density at radius 1 is 1.18 bits per heavy atom. The zero-order valence-electron chi connectivity index (χ0n) is 11.7. The Bertz CT molecular complexity index is 804. The second kappa shape index (κ2) is 5.14. The van der Waals surface area contributed by atoms with Gasteiger partial charge in [-0.25, -0.2) is 0 Å². The molecule has 0 amide bonds. The van der Waals surface area contributed by atoms with E-state index in [0.717, 1.165) is 36.5 Å². The fourth-order valence-electron chi connectivity index (χ4n) is 2.77. The summed E-state index contributed by atoms with van der Waals surface area (Å²) in [6, 6.07) is 12.9. The lowest BCUT2D eigenvalue weighted by Crippen LogP contribution is -2.26. The Morgan fingerprint density at radius 3 is 2.91 bits per heavy atom. The van der Waals surface area contributed by atoms with Gasteiger partial charge in [-0.15, -0.1) is 0 Å². The van der Waals surface area contributed by atoms with Crippen LogP contribution in [0, 0.1) is 10.1 Å². The van der Waals surface area contributed by atoms with Crippen molar-refractivity contribution in [3.63, 3.8) is 0 Å². The molecule has 5 nitrogen and oxygen atoms in total. The number of non-ortho nitro benzene ring substituents is 1. The largest absolute Gasteiger partial charge is 0.296 e. The lowest BCUT2D eigenvalue weighted by atomic mass is 10.0. The molecule has 0 aromatic heterocycles. The quantitative estimate of drug-likeness (QED) is 0.481. The monoisotopic (exact) mass is 311 g/mol. The van der Waals surface area contributed by atoms with Crippen LogP contribution in [0.2, 0.25) is 0 Å². The fraction of sp³-hybridized carbons (Fsp3) is 0.188. The predicted molar refractivity (Wildman–Crippen MR) is 87.1 cm³/mol. The van der Waals surface area contributed by atoms with Gasteiger partial charge >= 0.3 is 0 Å². The van der Waals surface area contributed by atoms with Gasteiger partial charge in [0.2, 0.25) is 0 Å². The molecule has 4 rings (SSSR count). The van der Waals surface area contributed by atoms with Crippen LogP contribution in [0.3, 0.4) is 0 Å². The van der Waals surface area contributed by atoms with E-state index in [1.807, 2.05) is 12.1 Å². The lowest BCUT2D eigenvalue weighted by Gasteiger charge is -2.20. The van der Waals surface area contributed by atoms with E-state index in [-0.39, 0.29) is 10.6 Å². The van der Waals surface area contributed by atoms with E-state index in [9.17, 15) is 10.1 Å². The van der Waals surface area contributed by atoms with Gasteiger partial charge in [-0.2, -0.15) is 0 Å². The van der Waals surface area contributed by atoms with Crippen molar-refractivity contribution < 1.29 is 4.92 Å². The molecule has 2 aromatic rings. The van der Waals surface area contributed by atoms with Crippen molar-refractivity contribution in [2.75, 3.05) is 13.1 Å². The van der Waals surface area contributed by atoms with Gasteiger partial charge in [-0.3, -0.25) is 19.4 Å². The molecule has 0 atom stereocenters. The summed E-state index contributed by atoms with van der Waals surface area (Å²) in [5.74, 6) is 1.07. The van der Waals surface area contributed by atoms with E-state index < -0.39 is 0 Å². The minimum atomic E-state index is -0.361. The van der Waals surface area contributed by atoms with Gasteiger partial charge in [-0.05, 0) is 41.6 Å². The number of hydrogen-bond donors (Lipinski definition) is 0. The molecule has 2 aliphatic rings. The summed E-state index contributed by atoms with van der Waals surface area (Å²) in [6.07, 6.45) is 1.09. The van der Waals surface area contributed by atoms with Gasteiger partial charge in [-0.1, -0.05) is 18.2 Å². The average molecular weight is 311 g/mol. The summed E-state index contributed by atoms with van der Waals surface area (Å²) in [6.45, 7) is 1.91. The van der Waals surface area contributed by atoms with Gasteiger partial charge in [0.15, 0.2) is 0 Å². The van der Waals surface area contributed by atoms with Crippen molar-refractivity contribution in [2.45, 2.75) is 11.3 Å². The molecule has 0 aliphatic carbocycles. The Morgan fingerprint density at radius 2 is 2.05 bits per heavy atom. The Labute approximate surface area is 132 Å². The first kappa shape index (κ1) is 13.3. The normalized spacial score (nSPS) is 16.0. The van der Waals surface area contributed by atoms with Crippen molar-refractivity contribution in [1.29, 1.82) is 0 Å². The number of benzene rings is 2. The van der Waals surface area contributed by atoms with Crippen molar-refractivity contribution >= 4 is 23.5 Å². The second-order valence-corrected chi connectivity index (χ2v) is 6.33. The fourth-order valence-corrected chi connectivity index (χ4v) is 3.91. The third-order valence-corrected chi connectivity index (χ3v) is 4.95. The third kappa shape index (κ3) is 2.16. The number of nitrogens with zero attached hydrogens (tertiary/aromatic N) is 3. The molecule has 0 spiro atoms. The van der Waals surface area contributed by atoms with Crippen LogP contribution in [0.1, 0.15) is 12.0 Å². The summed E-state index contributed by atoms with van der Waals surface area (Å²) in [4.78, 5) is 16.3. The highest BCUT2D eigenvalue weighted by Gasteiger charge is 2.28. The maximum atomic E-state index is 10.9. The predicted octanol–water partition coefficient (Wildman–Crippen LogP) is 3.73. The van der Waals surface area contributed by atoms with Crippen LogP contribution in [0.5, 0.6) is 0 Å². The van der Waals surface area contributed by atoms with Crippen LogP contribution in [0.15, 0.2) is 52.4 Å². The minimum absolute atomic E-state index is 0.118. The zero-order valence-corrected chi connectivity index (χ0v) is 12.5. The van der Waals surface area contributed by atoms with Gasteiger partial charge in [0.1, 0.15) is 5.84 Å². The molecule has 110 valence electrons. The minimum Gasteiger partial charge on any atom is -0.296 e. The highest BCUT2D eigenvalue weighted by molar-refractivity contribution is 7.98. The lowest BCUT2D eigenvalue weighted by molar-refractivity contribution is -0.384.